The number of rotatable bonds is 11. The molecule has 0 radical (unpaired) electrons. The normalized spacial score (nSPS) is 13.0. The van der Waals surface area contributed by atoms with Crippen LogP contribution in [0.4, 0.5) is 4.39 Å². The summed E-state index contributed by atoms with van der Waals surface area (Å²) in [4.78, 5) is 0. The lowest BCUT2D eigenvalue weighted by Gasteiger charge is -2.24. The Morgan fingerprint density at radius 3 is 1.93 bits per heavy atom. The van der Waals surface area contributed by atoms with Crippen LogP contribution < -0.4 is 4.74 Å². The first-order valence-electron chi connectivity index (χ1n) is 9.65. The SMILES string of the molecule is Oc1c(F)cccc1OC(COCc1ccccc1)C(Cl)COCc1ccccc1. The summed E-state index contributed by atoms with van der Waals surface area (Å²) in [5, 5.41) is 9.36. The van der Waals surface area contributed by atoms with Gasteiger partial charge in [-0.2, -0.15) is 0 Å². The van der Waals surface area contributed by atoms with Crippen molar-refractivity contribution < 1.29 is 23.7 Å². The van der Waals surface area contributed by atoms with Crippen molar-refractivity contribution in [3.05, 3.63) is 95.8 Å². The van der Waals surface area contributed by atoms with Gasteiger partial charge in [0.05, 0.1) is 31.8 Å². The molecular weight excluding hydrogens is 407 g/mol. The van der Waals surface area contributed by atoms with Crippen molar-refractivity contribution in [1.82, 2.24) is 0 Å². The van der Waals surface area contributed by atoms with Crippen LogP contribution in [-0.2, 0) is 22.7 Å². The van der Waals surface area contributed by atoms with E-state index in [1.807, 2.05) is 60.7 Å². The predicted molar refractivity (Wildman–Crippen MR) is 114 cm³/mol. The summed E-state index contributed by atoms with van der Waals surface area (Å²) in [6, 6.07) is 23.5. The van der Waals surface area contributed by atoms with E-state index < -0.39 is 23.0 Å². The Morgan fingerprint density at radius 1 is 0.767 bits per heavy atom. The fraction of sp³-hybridized carbons (Fsp3) is 0.250. The number of aromatic hydroxyl groups is 1. The maximum absolute atomic E-state index is 13.7. The molecule has 0 aliphatic heterocycles. The molecule has 0 saturated heterocycles. The quantitative estimate of drug-likeness (QED) is 0.418. The number of para-hydroxylation sites is 1. The van der Waals surface area contributed by atoms with Crippen LogP contribution in [0.1, 0.15) is 11.1 Å². The van der Waals surface area contributed by atoms with Crippen LogP contribution in [0.2, 0.25) is 0 Å². The molecule has 0 spiro atoms. The second-order valence-corrected chi connectivity index (χ2v) is 7.32. The number of benzene rings is 3. The van der Waals surface area contributed by atoms with Gasteiger partial charge in [-0.05, 0) is 23.3 Å². The largest absolute Gasteiger partial charge is 0.502 e. The summed E-state index contributed by atoms with van der Waals surface area (Å²) < 4.78 is 31.0. The van der Waals surface area contributed by atoms with Gasteiger partial charge in [-0.1, -0.05) is 66.7 Å². The van der Waals surface area contributed by atoms with Crippen molar-refractivity contribution >= 4 is 11.6 Å². The molecule has 2 unspecified atom stereocenters. The minimum atomic E-state index is -0.761. The van der Waals surface area contributed by atoms with Crippen LogP contribution in [0.5, 0.6) is 11.5 Å². The van der Waals surface area contributed by atoms with E-state index in [4.69, 9.17) is 25.8 Å². The van der Waals surface area contributed by atoms with Crippen molar-refractivity contribution in [2.24, 2.45) is 0 Å². The van der Waals surface area contributed by atoms with Crippen molar-refractivity contribution in [1.29, 1.82) is 0 Å². The van der Waals surface area contributed by atoms with Gasteiger partial charge in [0.2, 0.25) is 0 Å². The van der Waals surface area contributed by atoms with Crippen LogP contribution in [0.15, 0.2) is 78.9 Å². The van der Waals surface area contributed by atoms with E-state index >= 15 is 0 Å². The molecule has 2 atom stereocenters. The summed E-state index contributed by atoms with van der Waals surface area (Å²) >= 11 is 6.53. The van der Waals surface area contributed by atoms with Crippen molar-refractivity contribution in [3.63, 3.8) is 0 Å². The van der Waals surface area contributed by atoms with Gasteiger partial charge in [-0.3, -0.25) is 0 Å². The Kier molecular flexibility index (Phi) is 8.51. The second kappa shape index (κ2) is 11.6. The fourth-order valence-corrected chi connectivity index (χ4v) is 3.02. The van der Waals surface area contributed by atoms with Gasteiger partial charge in [0, 0.05) is 0 Å². The average molecular weight is 431 g/mol. The van der Waals surface area contributed by atoms with Gasteiger partial charge >= 0.3 is 0 Å². The molecule has 3 rings (SSSR count). The van der Waals surface area contributed by atoms with Gasteiger partial charge < -0.3 is 19.3 Å². The third-order valence-electron chi connectivity index (χ3n) is 4.41. The summed E-state index contributed by atoms with van der Waals surface area (Å²) in [5.41, 5.74) is 2.04. The van der Waals surface area contributed by atoms with Gasteiger partial charge in [0.25, 0.3) is 0 Å². The van der Waals surface area contributed by atoms with Gasteiger partial charge in [-0.25, -0.2) is 4.39 Å². The summed E-state index contributed by atoms with van der Waals surface area (Å²) in [7, 11) is 0. The number of alkyl halides is 1. The topological polar surface area (TPSA) is 47.9 Å². The molecule has 0 bridgehead atoms. The molecule has 30 heavy (non-hydrogen) atoms. The summed E-state index contributed by atoms with van der Waals surface area (Å²) in [6.07, 6.45) is -0.654. The van der Waals surface area contributed by atoms with E-state index in [0.717, 1.165) is 17.2 Å². The van der Waals surface area contributed by atoms with E-state index in [9.17, 15) is 9.50 Å². The molecule has 0 aromatic heterocycles. The highest BCUT2D eigenvalue weighted by Gasteiger charge is 2.24. The molecule has 3 aromatic rings. The molecule has 0 amide bonds. The van der Waals surface area contributed by atoms with Crippen LogP contribution in [-0.4, -0.2) is 29.8 Å². The summed E-state index contributed by atoms with van der Waals surface area (Å²) in [6.45, 7) is 1.14. The zero-order valence-corrected chi connectivity index (χ0v) is 17.2. The maximum atomic E-state index is 13.7. The first-order chi connectivity index (χ1) is 14.6. The molecule has 0 aliphatic rings. The maximum Gasteiger partial charge on any atom is 0.194 e. The molecule has 0 aliphatic carbocycles. The number of phenols is 1. The molecule has 6 heteroatoms. The van der Waals surface area contributed by atoms with Crippen LogP contribution >= 0.6 is 11.6 Å². The van der Waals surface area contributed by atoms with E-state index in [1.54, 1.807) is 0 Å². The number of phenolic OH excluding ortho intramolecular Hbond substituents is 1. The average Bonchev–Trinajstić information content (AvgIpc) is 2.77. The highest BCUT2D eigenvalue weighted by Crippen LogP contribution is 2.30. The zero-order valence-electron chi connectivity index (χ0n) is 16.4. The number of hydrogen-bond donors (Lipinski definition) is 1. The Hall–Kier alpha value is -2.60. The number of hydrogen-bond acceptors (Lipinski definition) is 4. The fourth-order valence-electron chi connectivity index (χ4n) is 2.80. The molecular formula is C24H24ClFO4. The van der Waals surface area contributed by atoms with E-state index in [-0.39, 0.29) is 19.0 Å². The zero-order chi connectivity index (χ0) is 21.2. The standard InChI is InChI=1S/C24H24ClFO4/c25-20(16-28-14-18-8-3-1-4-9-18)23(17-29-15-19-10-5-2-6-11-19)30-22-13-7-12-21(26)24(22)27/h1-13,20,23,27H,14-17H2. The van der Waals surface area contributed by atoms with Gasteiger partial charge in [-0.15, -0.1) is 11.6 Å². The smallest absolute Gasteiger partial charge is 0.194 e. The van der Waals surface area contributed by atoms with Crippen LogP contribution in [0.25, 0.3) is 0 Å². The van der Waals surface area contributed by atoms with E-state index in [0.29, 0.717) is 13.2 Å². The van der Waals surface area contributed by atoms with Gasteiger partial charge in [0.15, 0.2) is 17.3 Å². The minimum Gasteiger partial charge on any atom is -0.502 e. The lowest BCUT2D eigenvalue weighted by atomic mass is 10.2. The lowest BCUT2D eigenvalue weighted by Crippen LogP contribution is -2.35. The van der Waals surface area contributed by atoms with Crippen molar-refractivity contribution in [2.75, 3.05) is 13.2 Å². The Bertz CT molecular complexity index is 892. The second-order valence-electron chi connectivity index (χ2n) is 6.76. The first kappa shape index (κ1) is 22.1. The third-order valence-corrected chi connectivity index (χ3v) is 4.82. The van der Waals surface area contributed by atoms with E-state index in [2.05, 4.69) is 0 Å². The lowest BCUT2D eigenvalue weighted by molar-refractivity contribution is 0.0185. The molecule has 158 valence electrons. The minimum absolute atomic E-state index is 0.0111. The summed E-state index contributed by atoms with van der Waals surface area (Å²) in [5.74, 6) is -1.31. The molecule has 1 N–H and O–H groups in total. The van der Waals surface area contributed by atoms with Crippen LogP contribution in [0.3, 0.4) is 0 Å². The van der Waals surface area contributed by atoms with Crippen LogP contribution in [0, 0.1) is 5.82 Å². The molecule has 4 nitrogen and oxygen atoms in total. The van der Waals surface area contributed by atoms with Crippen molar-refractivity contribution in [3.8, 4) is 11.5 Å². The monoisotopic (exact) mass is 430 g/mol. The van der Waals surface area contributed by atoms with Gasteiger partial charge in [0.1, 0.15) is 6.10 Å². The van der Waals surface area contributed by atoms with Crippen molar-refractivity contribution in [2.45, 2.75) is 24.7 Å². The number of halogens is 2. The third kappa shape index (κ3) is 6.73. The predicted octanol–water partition coefficient (Wildman–Crippen LogP) is 5.32. The molecule has 0 saturated carbocycles. The highest BCUT2D eigenvalue weighted by atomic mass is 35.5. The number of ether oxygens (including phenoxy) is 3. The Balaban J connectivity index is 1.60. The molecule has 0 fully saturated rings. The first-order valence-corrected chi connectivity index (χ1v) is 10.1. The molecule has 3 aromatic carbocycles. The Labute approximate surface area is 180 Å². The molecule has 0 heterocycles. The van der Waals surface area contributed by atoms with E-state index in [1.165, 1.54) is 12.1 Å². The Morgan fingerprint density at radius 2 is 1.33 bits per heavy atom. The highest BCUT2D eigenvalue weighted by molar-refractivity contribution is 6.21.